The van der Waals surface area contributed by atoms with Crippen LogP contribution in [0.4, 0.5) is 11.4 Å². The first kappa shape index (κ1) is 22.7. The fourth-order valence-electron chi connectivity index (χ4n) is 2.54. The Balaban J connectivity index is 3.35. The molecule has 0 aliphatic rings. The maximum absolute atomic E-state index is 12.7. The Morgan fingerprint density at radius 2 is 1.62 bits per heavy atom. The SMILES string of the molecule is CCCNc1ccc(S(=O)(=O)N(CC)CC)cc1NS(=O)(=O)CC(C)C. The Kier molecular flexibility index (Phi) is 8.36. The minimum Gasteiger partial charge on any atom is -0.383 e. The van der Waals surface area contributed by atoms with Crippen molar-refractivity contribution in [3.8, 4) is 0 Å². The van der Waals surface area contributed by atoms with Gasteiger partial charge in [0.25, 0.3) is 0 Å². The number of nitrogens with zero attached hydrogens (tertiary/aromatic N) is 1. The second kappa shape index (κ2) is 9.57. The average Bonchev–Trinajstić information content (AvgIpc) is 2.52. The molecule has 0 bridgehead atoms. The number of rotatable bonds is 11. The molecule has 9 heteroatoms. The van der Waals surface area contributed by atoms with Crippen LogP contribution in [0.3, 0.4) is 0 Å². The van der Waals surface area contributed by atoms with Crippen LogP contribution in [0.15, 0.2) is 23.1 Å². The molecule has 0 aliphatic heterocycles. The van der Waals surface area contributed by atoms with Gasteiger partial charge in [0.15, 0.2) is 0 Å². The molecule has 0 aliphatic carbocycles. The lowest BCUT2D eigenvalue weighted by Gasteiger charge is -2.20. The van der Waals surface area contributed by atoms with Crippen LogP contribution in [0.5, 0.6) is 0 Å². The van der Waals surface area contributed by atoms with Crippen LogP contribution in [0.1, 0.15) is 41.0 Å². The van der Waals surface area contributed by atoms with Gasteiger partial charge in [-0.1, -0.05) is 34.6 Å². The first-order valence-electron chi connectivity index (χ1n) is 8.95. The molecule has 2 N–H and O–H groups in total. The molecule has 0 amide bonds. The van der Waals surface area contributed by atoms with Gasteiger partial charge in [0, 0.05) is 19.6 Å². The largest absolute Gasteiger partial charge is 0.383 e. The fraction of sp³-hybridized carbons (Fsp3) is 0.647. The highest BCUT2D eigenvalue weighted by Crippen LogP contribution is 2.28. The number of sulfonamides is 2. The zero-order chi connectivity index (χ0) is 20.0. The second-order valence-electron chi connectivity index (χ2n) is 6.50. The van der Waals surface area contributed by atoms with Crippen molar-refractivity contribution in [1.29, 1.82) is 0 Å². The van der Waals surface area contributed by atoms with E-state index in [0.717, 1.165) is 6.42 Å². The molecule has 1 aromatic carbocycles. The van der Waals surface area contributed by atoms with Gasteiger partial charge in [0.2, 0.25) is 20.0 Å². The molecular formula is C17H31N3O4S2. The van der Waals surface area contributed by atoms with Crippen molar-refractivity contribution in [2.24, 2.45) is 5.92 Å². The first-order chi connectivity index (χ1) is 12.1. The average molecular weight is 406 g/mol. The summed E-state index contributed by atoms with van der Waals surface area (Å²) in [6.07, 6.45) is 0.859. The van der Waals surface area contributed by atoms with Gasteiger partial charge in [-0.2, -0.15) is 4.31 Å². The molecule has 0 spiro atoms. The van der Waals surface area contributed by atoms with Gasteiger partial charge in [-0.15, -0.1) is 0 Å². The molecule has 0 saturated carbocycles. The highest BCUT2D eigenvalue weighted by atomic mass is 32.2. The number of benzene rings is 1. The van der Waals surface area contributed by atoms with Crippen molar-refractivity contribution >= 4 is 31.4 Å². The lowest BCUT2D eigenvalue weighted by molar-refractivity contribution is 0.445. The van der Waals surface area contributed by atoms with Gasteiger partial charge < -0.3 is 5.32 Å². The Hall–Kier alpha value is -1.32. The van der Waals surface area contributed by atoms with E-state index in [1.807, 2.05) is 20.8 Å². The predicted octanol–water partition coefficient (Wildman–Crippen LogP) is 2.94. The molecule has 0 fully saturated rings. The van der Waals surface area contributed by atoms with Crippen LogP contribution in [0, 0.1) is 5.92 Å². The van der Waals surface area contributed by atoms with Crippen molar-refractivity contribution in [3.63, 3.8) is 0 Å². The zero-order valence-electron chi connectivity index (χ0n) is 16.2. The summed E-state index contributed by atoms with van der Waals surface area (Å²) < 4.78 is 54.1. The number of anilines is 2. The Morgan fingerprint density at radius 3 is 2.12 bits per heavy atom. The first-order valence-corrected chi connectivity index (χ1v) is 12.0. The van der Waals surface area contributed by atoms with E-state index in [1.54, 1.807) is 19.9 Å². The van der Waals surface area contributed by atoms with E-state index in [2.05, 4.69) is 10.0 Å². The van der Waals surface area contributed by atoms with Gasteiger partial charge in [0.1, 0.15) is 0 Å². The lowest BCUT2D eigenvalue weighted by Crippen LogP contribution is -2.30. The molecule has 0 heterocycles. The highest BCUT2D eigenvalue weighted by Gasteiger charge is 2.24. The van der Waals surface area contributed by atoms with Gasteiger partial charge in [0.05, 0.1) is 22.0 Å². The van der Waals surface area contributed by atoms with Crippen molar-refractivity contribution in [2.45, 2.75) is 45.9 Å². The van der Waals surface area contributed by atoms with Crippen LogP contribution in [0.25, 0.3) is 0 Å². The monoisotopic (exact) mass is 405 g/mol. The van der Waals surface area contributed by atoms with Crippen molar-refractivity contribution in [2.75, 3.05) is 35.4 Å². The summed E-state index contributed by atoms with van der Waals surface area (Å²) in [5.74, 6) is -0.0742. The Labute approximate surface area is 158 Å². The van der Waals surface area contributed by atoms with Gasteiger partial charge >= 0.3 is 0 Å². The smallest absolute Gasteiger partial charge is 0.243 e. The molecule has 0 atom stereocenters. The molecule has 26 heavy (non-hydrogen) atoms. The van der Waals surface area contributed by atoms with E-state index >= 15 is 0 Å². The number of nitrogens with one attached hydrogen (secondary N) is 2. The number of hydrogen-bond donors (Lipinski definition) is 2. The summed E-state index contributed by atoms with van der Waals surface area (Å²) in [5.41, 5.74) is 0.824. The summed E-state index contributed by atoms with van der Waals surface area (Å²) in [5, 5.41) is 3.14. The summed E-state index contributed by atoms with van der Waals surface area (Å²) in [4.78, 5) is 0.0745. The predicted molar refractivity (Wildman–Crippen MR) is 108 cm³/mol. The molecule has 0 saturated heterocycles. The third-order valence-corrected chi connectivity index (χ3v) is 7.40. The third-order valence-electron chi connectivity index (χ3n) is 3.72. The van der Waals surface area contributed by atoms with E-state index in [1.165, 1.54) is 16.4 Å². The quantitative estimate of drug-likeness (QED) is 0.590. The van der Waals surface area contributed by atoms with Crippen molar-refractivity contribution in [3.05, 3.63) is 18.2 Å². The standard InChI is InChI=1S/C17H31N3O4S2/c1-6-11-18-16-10-9-15(26(23,24)20(7-2)8-3)12-17(16)19-25(21,22)13-14(4)5/h9-10,12,14,18-19H,6-8,11,13H2,1-5H3. The van der Waals surface area contributed by atoms with Crippen LogP contribution in [-0.4, -0.2) is 46.5 Å². The van der Waals surface area contributed by atoms with Crippen molar-refractivity contribution < 1.29 is 16.8 Å². The normalized spacial score (nSPS) is 12.6. The topological polar surface area (TPSA) is 95.6 Å². The molecule has 7 nitrogen and oxygen atoms in total. The van der Waals surface area contributed by atoms with Gasteiger partial charge in [-0.3, -0.25) is 4.72 Å². The minimum atomic E-state index is -3.67. The van der Waals surface area contributed by atoms with E-state index in [-0.39, 0.29) is 22.3 Å². The zero-order valence-corrected chi connectivity index (χ0v) is 17.9. The maximum Gasteiger partial charge on any atom is 0.243 e. The summed E-state index contributed by atoms with van der Waals surface area (Å²) in [6.45, 7) is 10.5. The summed E-state index contributed by atoms with van der Waals surface area (Å²) in [7, 11) is -7.24. The van der Waals surface area contributed by atoms with E-state index in [4.69, 9.17) is 0 Å². The summed E-state index contributed by atoms with van der Waals surface area (Å²) >= 11 is 0. The Bertz CT molecular complexity index is 786. The maximum atomic E-state index is 12.7. The van der Waals surface area contributed by atoms with E-state index < -0.39 is 20.0 Å². The molecule has 1 rings (SSSR count). The molecule has 0 aromatic heterocycles. The molecule has 1 aromatic rings. The van der Waals surface area contributed by atoms with Gasteiger partial charge in [-0.05, 0) is 30.5 Å². The van der Waals surface area contributed by atoms with Crippen molar-refractivity contribution in [1.82, 2.24) is 4.31 Å². The van der Waals surface area contributed by atoms with E-state index in [9.17, 15) is 16.8 Å². The third kappa shape index (κ3) is 6.14. The summed E-state index contributed by atoms with van der Waals surface area (Å²) in [6, 6.07) is 4.51. The van der Waals surface area contributed by atoms with Gasteiger partial charge in [-0.25, -0.2) is 16.8 Å². The van der Waals surface area contributed by atoms with Crippen LogP contribution >= 0.6 is 0 Å². The minimum absolute atomic E-state index is 0.0345. The Morgan fingerprint density at radius 1 is 1.00 bits per heavy atom. The molecule has 150 valence electrons. The second-order valence-corrected chi connectivity index (χ2v) is 10.2. The van der Waals surface area contributed by atoms with E-state index in [0.29, 0.717) is 25.3 Å². The fourth-order valence-corrected chi connectivity index (χ4v) is 5.49. The van der Waals surface area contributed by atoms with Crippen LogP contribution < -0.4 is 10.0 Å². The number of hydrogen-bond acceptors (Lipinski definition) is 5. The molecule has 0 radical (unpaired) electrons. The van der Waals surface area contributed by atoms with Crippen LogP contribution in [-0.2, 0) is 20.0 Å². The molecule has 0 unspecified atom stereocenters. The highest BCUT2D eigenvalue weighted by molar-refractivity contribution is 7.92. The molecular weight excluding hydrogens is 374 g/mol. The lowest BCUT2D eigenvalue weighted by atomic mass is 10.2. The van der Waals surface area contributed by atoms with Crippen LogP contribution in [0.2, 0.25) is 0 Å².